The molecular formula is C49H62N2O15. The number of carbonyl (C=O) groups is 7. The van der Waals surface area contributed by atoms with E-state index in [1.54, 1.807) is 89.2 Å². The van der Waals surface area contributed by atoms with E-state index in [2.05, 4.69) is 5.73 Å². The summed E-state index contributed by atoms with van der Waals surface area (Å²) in [6.45, 7) is 10.2. The molecule has 3 aliphatic rings. The number of aliphatic hydroxyl groups excluding tert-OH is 1. The van der Waals surface area contributed by atoms with E-state index < -0.39 is 88.5 Å². The maximum atomic E-state index is 14.9. The van der Waals surface area contributed by atoms with Gasteiger partial charge in [-0.3, -0.25) is 28.8 Å². The Balaban J connectivity index is 0.000000537. The van der Waals surface area contributed by atoms with E-state index >= 15 is 0 Å². The van der Waals surface area contributed by atoms with Gasteiger partial charge in [0.15, 0.2) is 11.9 Å². The van der Waals surface area contributed by atoms with Gasteiger partial charge in [-0.05, 0) is 68.2 Å². The van der Waals surface area contributed by atoms with Gasteiger partial charge < -0.3 is 50.8 Å². The number of benzene rings is 3. The highest BCUT2D eigenvalue weighted by molar-refractivity contribution is 5.95. The standard InChI is InChI=1S/C38H46O10.C7H7NO.C2H5NO2.C2H4O2/c1-22-19-29(40)37(6)27(21-45-22)34(48-35(43)26-15-11-8-12-16-26)38(44)20-28(47-30(41)18-17-25-13-9-7-10-14-25)23(2)31(36(38,4)5)32(33(37)42)46-24(3)39;8-7(9)6-4-2-1-3-5-6;3-1-2(4)5;1-2(3)4/h7-16,22,27-29,32,34,40,44H,17-21H2,1-6H3;1-5H,(H2,8,9);1,3H2,(H,4,5);1H3,(H,3,4)/t22-,27-,28-,29-,32+,34-,37-,38+;;;/m0.../s1. The van der Waals surface area contributed by atoms with Gasteiger partial charge in [-0.2, -0.15) is 0 Å². The van der Waals surface area contributed by atoms with Gasteiger partial charge >= 0.3 is 23.9 Å². The smallest absolute Gasteiger partial charge is 0.338 e. The van der Waals surface area contributed by atoms with Crippen molar-refractivity contribution in [3.05, 3.63) is 119 Å². The first-order chi connectivity index (χ1) is 30.9. The number of hydrogen-bond acceptors (Lipinski definition) is 14. The number of ether oxygens (including phenoxy) is 4. The molecule has 0 aromatic heterocycles. The zero-order chi connectivity index (χ0) is 49.6. The maximum absolute atomic E-state index is 14.9. The van der Waals surface area contributed by atoms with E-state index in [0.29, 0.717) is 17.6 Å². The molecule has 8 atom stereocenters. The predicted octanol–water partition coefficient (Wildman–Crippen LogP) is 4.45. The zero-order valence-electron chi connectivity index (χ0n) is 38.3. The highest BCUT2D eigenvalue weighted by atomic mass is 16.6. The molecule has 0 unspecified atom stereocenters. The molecule has 66 heavy (non-hydrogen) atoms. The molecule has 2 fully saturated rings. The van der Waals surface area contributed by atoms with Gasteiger partial charge in [0.25, 0.3) is 5.97 Å². The van der Waals surface area contributed by atoms with Crippen LogP contribution in [-0.2, 0) is 49.3 Å². The summed E-state index contributed by atoms with van der Waals surface area (Å²) in [5.74, 6) is -5.89. The molecule has 3 aromatic rings. The number of primary amides is 1. The molecule has 1 saturated carbocycles. The third kappa shape index (κ3) is 13.4. The molecule has 8 N–H and O–H groups in total. The van der Waals surface area contributed by atoms with Crippen molar-refractivity contribution < 1.29 is 72.9 Å². The molecule has 6 rings (SSSR count). The van der Waals surface area contributed by atoms with Gasteiger partial charge in [0.1, 0.15) is 17.8 Å². The largest absolute Gasteiger partial charge is 0.481 e. The quantitative estimate of drug-likeness (QED) is 0.0982. The van der Waals surface area contributed by atoms with Crippen molar-refractivity contribution in [3.8, 4) is 0 Å². The summed E-state index contributed by atoms with van der Waals surface area (Å²) in [5, 5.41) is 39.9. The Morgan fingerprint density at radius 3 is 1.79 bits per heavy atom. The topological polar surface area (TPSA) is 289 Å². The van der Waals surface area contributed by atoms with Gasteiger partial charge in [-0.1, -0.05) is 80.6 Å². The predicted molar refractivity (Wildman–Crippen MR) is 239 cm³/mol. The normalized spacial score (nSPS) is 26.1. The minimum atomic E-state index is -2.00. The highest BCUT2D eigenvalue weighted by Crippen LogP contribution is 2.59. The first-order valence-electron chi connectivity index (χ1n) is 21.3. The third-order valence-corrected chi connectivity index (χ3v) is 12.1. The number of hydrogen-bond donors (Lipinski definition) is 6. The van der Waals surface area contributed by atoms with E-state index in [-0.39, 0.29) is 49.5 Å². The number of ketones is 1. The number of Topliss-reactive ketones (excluding diaryl/α,β-unsaturated/α-hetero) is 1. The van der Waals surface area contributed by atoms with Crippen LogP contribution < -0.4 is 11.5 Å². The van der Waals surface area contributed by atoms with Crippen LogP contribution in [0, 0.1) is 16.7 Å². The lowest BCUT2D eigenvalue weighted by Gasteiger charge is -2.59. The third-order valence-electron chi connectivity index (χ3n) is 12.1. The second kappa shape index (κ2) is 23.8. The molecule has 1 saturated heterocycles. The number of esters is 3. The van der Waals surface area contributed by atoms with Crippen LogP contribution in [0.3, 0.4) is 0 Å². The van der Waals surface area contributed by atoms with E-state index in [4.69, 9.17) is 39.7 Å². The Hall–Kier alpha value is -6.27. The van der Waals surface area contributed by atoms with Crippen LogP contribution in [-0.4, -0.2) is 111 Å². The summed E-state index contributed by atoms with van der Waals surface area (Å²) in [6.07, 6.45) is -5.43. The average Bonchev–Trinajstić information content (AvgIpc) is 3.38. The van der Waals surface area contributed by atoms with Gasteiger partial charge in [-0.15, -0.1) is 0 Å². The fourth-order valence-electron chi connectivity index (χ4n) is 8.46. The molecule has 3 aromatic carbocycles. The molecule has 1 amide bonds. The Kier molecular flexibility index (Phi) is 19.5. The molecule has 17 nitrogen and oxygen atoms in total. The number of carboxylic acids is 2. The number of aliphatic hydroxyl groups is 2. The highest BCUT2D eigenvalue weighted by Gasteiger charge is 2.69. The zero-order valence-corrected chi connectivity index (χ0v) is 38.3. The van der Waals surface area contributed by atoms with Crippen molar-refractivity contribution in [1.29, 1.82) is 0 Å². The van der Waals surface area contributed by atoms with E-state index in [1.165, 1.54) is 6.92 Å². The van der Waals surface area contributed by atoms with Crippen molar-refractivity contribution >= 4 is 41.5 Å². The number of carbonyl (C=O) groups excluding carboxylic acids is 5. The Morgan fingerprint density at radius 1 is 0.818 bits per heavy atom. The number of nitrogens with two attached hydrogens (primary N) is 2. The van der Waals surface area contributed by atoms with Crippen molar-refractivity contribution in [3.63, 3.8) is 0 Å². The second-order valence-electron chi connectivity index (χ2n) is 17.0. The van der Waals surface area contributed by atoms with Crippen molar-refractivity contribution in [2.24, 2.45) is 28.2 Å². The number of aryl methyl sites for hydroxylation is 1. The van der Waals surface area contributed by atoms with Crippen molar-refractivity contribution in [2.45, 2.75) is 110 Å². The van der Waals surface area contributed by atoms with E-state index in [0.717, 1.165) is 12.5 Å². The first kappa shape index (κ1) is 54.1. The van der Waals surface area contributed by atoms with Crippen LogP contribution in [0.25, 0.3) is 0 Å². The maximum Gasteiger partial charge on any atom is 0.338 e. The summed E-state index contributed by atoms with van der Waals surface area (Å²) in [4.78, 5) is 83.3. The number of carboxylic acid groups (broad SMARTS) is 2. The van der Waals surface area contributed by atoms with Crippen molar-refractivity contribution in [2.75, 3.05) is 13.2 Å². The molecule has 2 aliphatic carbocycles. The molecule has 1 aliphatic heterocycles. The number of rotatable bonds is 9. The Bertz CT molecular complexity index is 2190. The number of aliphatic carboxylic acids is 2. The van der Waals surface area contributed by atoms with Crippen molar-refractivity contribution in [1.82, 2.24) is 0 Å². The Morgan fingerprint density at radius 2 is 1.32 bits per heavy atom. The molecule has 0 spiro atoms. The molecular weight excluding hydrogens is 857 g/mol. The van der Waals surface area contributed by atoms with Crippen LogP contribution in [0.2, 0.25) is 0 Å². The van der Waals surface area contributed by atoms with Gasteiger partial charge in [0.05, 0.1) is 36.3 Å². The van der Waals surface area contributed by atoms with Crippen LogP contribution in [0.15, 0.2) is 102 Å². The van der Waals surface area contributed by atoms with Gasteiger partial charge in [-0.25, -0.2) is 4.79 Å². The fourth-order valence-corrected chi connectivity index (χ4v) is 8.46. The summed E-state index contributed by atoms with van der Waals surface area (Å²) >= 11 is 0. The minimum absolute atomic E-state index is 0.0578. The van der Waals surface area contributed by atoms with Crippen LogP contribution in [0.5, 0.6) is 0 Å². The number of amides is 1. The number of fused-ring (bicyclic) bond motifs is 3. The average molecular weight is 919 g/mol. The summed E-state index contributed by atoms with van der Waals surface area (Å²) in [6, 6.07) is 26.5. The van der Waals surface area contributed by atoms with Gasteiger partial charge in [0, 0.05) is 50.0 Å². The fraction of sp³-hybridized carbons (Fsp3) is 0.449. The SMILES string of the molecule is CC(=O)O.CC(=O)O[C@H]1C(=O)[C@]2(C)[C@@H](O)C[C@H](C)OC[C@H]2[C@H](OC(=O)c2ccccc2)[C@]2(O)C[C@H](OC(=O)CCc3ccccc3)C(C)=C1C2(C)C.NC(=O)c1ccccc1.NCC(=O)O. The minimum Gasteiger partial charge on any atom is -0.481 e. The van der Waals surface area contributed by atoms with Crippen LogP contribution >= 0.6 is 0 Å². The monoisotopic (exact) mass is 918 g/mol. The lowest BCUT2D eigenvalue weighted by molar-refractivity contribution is -0.219. The summed E-state index contributed by atoms with van der Waals surface area (Å²) < 4.78 is 24.2. The molecule has 358 valence electrons. The molecule has 17 heteroatoms. The first-order valence-corrected chi connectivity index (χ1v) is 21.3. The van der Waals surface area contributed by atoms with Crippen LogP contribution in [0.1, 0.15) is 94.0 Å². The summed E-state index contributed by atoms with van der Waals surface area (Å²) in [7, 11) is 0. The van der Waals surface area contributed by atoms with Crippen LogP contribution in [0.4, 0.5) is 0 Å². The van der Waals surface area contributed by atoms with Gasteiger partial charge in [0.2, 0.25) is 5.91 Å². The lowest BCUT2D eigenvalue weighted by atomic mass is 9.50. The summed E-state index contributed by atoms with van der Waals surface area (Å²) in [5.41, 5.74) is 6.89. The second-order valence-corrected chi connectivity index (χ2v) is 17.0. The molecule has 2 bridgehead atoms. The van der Waals surface area contributed by atoms with E-state index in [9.17, 15) is 39.0 Å². The Labute approximate surface area is 384 Å². The lowest BCUT2D eigenvalue weighted by Crippen LogP contribution is -2.70. The van der Waals surface area contributed by atoms with E-state index in [1.807, 2.05) is 36.4 Å². The molecule has 1 heterocycles. The molecule has 0 radical (unpaired) electrons.